The van der Waals surface area contributed by atoms with Crippen molar-refractivity contribution in [3.05, 3.63) is 70.0 Å². The number of aliphatic hydroxyl groups is 1. The Morgan fingerprint density at radius 1 is 1.10 bits per heavy atom. The molecule has 0 aliphatic heterocycles. The second kappa shape index (κ2) is 3.63. The van der Waals surface area contributed by atoms with Crippen LogP contribution in [-0.4, -0.2) is 10.7 Å². The largest absolute Gasteiger partial charge is 0.387 e. The van der Waals surface area contributed by atoms with Gasteiger partial charge >= 0.3 is 0 Å². The van der Waals surface area contributed by atoms with Crippen LogP contribution in [0, 0.1) is 12.7 Å². The quantitative estimate of drug-likeness (QED) is 0.736. The van der Waals surface area contributed by atoms with Gasteiger partial charge in [0.25, 0.3) is 0 Å². The zero-order chi connectivity index (χ0) is 14.1. The highest BCUT2D eigenvalue weighted by atomic mass is 35.5. The first-order valence-corrected chi connectivity index (χ1v) is 7.13. The fraction of sp³-hybridized carbons (Fsp3) is 0.294. The van der Waals surface area contributed by atoms with Crippen molar-refractivity contribution in [2.45, 2.75) is 30.2 Å². The van der Waals surface area contributed by atoms with Crippen LogP contribution in [0.4, 0.5) is 4.39 Å². The van der Waals surface area contributed by atoms with Crippen LogP contribution in [0.25, 0.3) is 0 Å². The lowest BCUT2D eigenvalue weighted by molar-refractivity contribution is 0.0329. The topological polar surface area (TPSA) is 20.2 Å². The summed E-state index contributed by atoms with van der Waals surface area (Å²) in [5, 5.41) is 11.1. The highest BCUT2D eigenvalue weighted by molar-refractivity contribution is 6.28. The molecule has 102 valence electrons. The Bertz CT molecular complexity index is 742. The Balaban J connectivity index is 2.06. The summed E-state index contributed by atoms with van der Waals surface area (Å²) in [7, 11) is 0. The Hall–Kier alpha value is -1.38. The van der Waals surface area contributed by atoms with E-state index < -0.39 is 10.5 Å². The van der Waals surface area contributed by atoms with Gasteiger partial charge in [0.1, 0.15) is 16.3 Å². The zero-order valence-corrected chi connectivity index (χ0v) is 11.8. The molecule has 2 aromatic rings. The Morgan fingerprint density at radius 2 is 1.85 bits per heavy atom. The molecular weight excluding hydrogens is 275 g/mol. The average Bonchev–Trinajstić information content (AvgIpc) is 2.78. The molecular formula is C17H14ClFO. The minimum absolute atomic E-state index is 0.235. The normalized spacial score (nSPS) is 30.0. The van der Waals surface area contributed by atoms with Crippen molar-refractivity contribution < 1.29 is 9.50 Å². The molecule has 0 bridgehead atoms. The van der Waals surface area contributed by atoms with Crippen LogP contribution in [0.15, 0.2) is 36.4 Å². The average molecular weight is 289 g/mol. The lowest BCUT2D eigenvalue weighted by atomic mass is 9.87. The fourth-order valence-corrected chi connectivity index (χ4v) is 4.34. The molecule has 2 unspecified atom stereocenters. The van der Waals surface area contributed by atoms with Gasteiger partial charge in [-0.25, -0.2) is 4.39 Å². The van der Waals surface area contributed by atoms with Gasteiger partial charge in [-0.1, -0.05) is 30.3 Å². The molecule has 20 heavy (non-hydrogen) atoms. The Kier molecular flexibility index (Phi) is 2.24. The third-order valence-electron chi connectivity index (χ3n) is 4.89. The van der Waals surface area contributed by atoms with Crippen LogP contribution in [-0.2, 0) is 17.7 Å². The van der Waals surface area contributed by atoms with Gasteiger partial charge in [0.05, 0.1) is 0 Å². The van der Waals surface area contributed by atoms with Crippen LogP contribution in [0.2, 0.25) is 0 Å². The molecule has 0 saturated heterocycles. The van der Waals surface area contributed by atoms with E-state index in [1.54, 1.807) is 13.0 Å². The standard InChI is InChI=1S/C17H14ClFO/c1-10-12-9-16(20)8-11-4-2-3-5-13(11)17(16,18)14(12)6-7-15(10)19/h2-7,20H,8-9H2,1H3. The van der Waals surface area contributed by atoms with Gasteiger partial charge in [-0.2, -0.15) is 0 Å². The molecule has 4 rings (SSSR count). The minimum atomic E-state index is -1.06. The summed E-state index contributed by atoms with van der Waals surface area (Å²) >= 11 is 6.92. The van der Waals surface area contributed by atoms with Crippen molar-refractivity contribution in [2.75, 3.05) is 0 Å². The van der Waals surface area contributed by atoms with Gasteiger partial charge < -0.3 is 5.11 Å². The molecule has 2 atom stereocenters. The lowest BCUT2D eigenvalue weighted by Gasteiger charge is -2.32. The molecule has 2 aromatic carbocycles. The van der Waals surface area contributed by atoms with Gasteiger partial charge in [-0.15, -0.1) is 11.6 Å². The maximum absolute atomic E-state index is 13.8. The summed E-state index contributed by atoms with van der Waals surface area (Å²) in [6.07, 6.45) is 0.923. The zero-order valence-electron chi connectivity index (χ0n) is 11.1. The van der Waals surface area contributed by atoms with E-state index in [1.165, 1.54) is 6.07 Å². The molecule has 0 fully saturated rings. The molecule has 3 heteroatoms. The van der Waals surface area contributed by atoms with Gasteiger partial charge in [0, 0.05) is 12.8 Å². The number of fused-ring (bicyclic) bond motifs is 5. The Morgan fingerprint density at radius 3 is 2.65 bits per heavy atom. The van der Waals surface area contributed by atoms with Crippen LogP contribution in [0.3, 0.4) is 0 Å². The molecule has 0 radical (unpaired) electrons. The number of alkyl halides is 1. The third kappa shape index (κ3) is 1.22. The summed E-state index contributed by atoms with van der Waals surface area (Å²) in [5.41, 5.74) is 3.29. The van der Waals surface area contributed by atoms with E-state index in [1.807, 2.05) is 24.3 Å². The first-order valence-electron chi connectivity index (χ1n) is 6.75. The highest BCUT2D eigenvalue weighted by Crippen LogP contribution is 2.60. The molecule has 2 aliphatic carbocycles. The fourth-order valence-electron chi connectivity index (χ4n) is 3.85. The van der Waals surface area contributed by atoms with E-state index >= 15 is 0 Å². The van der Waals surface area contributed by atoms with Gasteiger partial charge in [0.15, 0.2) is 0 Å². The smallest absolute Gasteiger partial charge is 0.126 e. The highest BCUT2D eigenvalue weighted by Gasteiger charge is 2.62. The summed E-state index contributed by atoms with van der Waals surface area (Å²) in [5.74, 6) is -0.235. The van der Waals surface area contributed by atoms with Gasteiger partial charge in [0.2, 0.25) is 0 Å². The molecule has 0 heterocycles. The SMILES string of the molecule is Cc1c(F)ccc2c1CC1(O)Cc3ccccc3C21Cl. The molecule has 0 aromatic heterocycles. The first-order chi connectivity index (χ1) is 9.47. The molecule has 0 spiro atoms. The van der Waals surface area contributed by atoms with Crippen molar-refractivity contribution in [2.24, 2.45) is 0 Å². The second-order valence-corrected chi connectivity index (χ2v) is 6.47. The maximum Gasteiger partial charge on any atom is 0.126 e. The summed E-state index contributed by atoms with van der Waals surface area (Å²) in [6.45, 7) is 1.75. The second-order valence-electron chi connectivity index (χ2n) is 5.90. The van der Waals surface area contributed by atoms with Crippen molar-refractivity contribution in [3.63, 3.8) is 0 Å². The number of rotatable bonds is 0. The molecule has 2 aliphatic rings. The van der Waals surface area contributed by atoms with E-state index in [0.29, 0.717) is 18.4 Å². The van der Waals surface area contributed by atoms with Crippen molar-refractivity contribution in [1.82, 2.24) is 0 Å². The number of hydrogen-bond donors (Lipinski definition) is 1. The lowest BCUT2D eigenvalue weighted by Crippen LogP contribution is -2.42. The summed E-state index contributed by atoms with van der Waals surface area (Å²) in [4.78, 5) is -0.947. The van der Waals surface area contributed by atoms with Gasteiger partial charge in [-0.3, -0.25) is 0 Å². The van der Waals surface area contributed by atoms with Crippen molar-refractivity contribution >= 4 is 11.6 Å². The first kappa shape index (κ1) is 12.4. The van der Waals surface area contributed by atoms with Crippen LogP contribution >= 0.6 is 11.6 Å². The summed E-state index contributed by atoms with van der Waals surface area (Å²) in [6, 6.07) is 11.0. The van der Waals surface area contributed by atoms with E-state index in [4.69, 9.17) is 11.6 Å². The van der Waals surface area contributed by atoms with E-state index in [2.05, 4.69) is 0 Å². The minimum Gasteiger partial charge on any atom is -0.387 e. The summed E-state index contributed by atoms with van der Waals surface area (Å²) < 4.78 is 13.8. The molecule has 1 N–H and O–H groups in total. The predicted molar refractivity (Wildman–Crippen MR) is 76.6 cm³/mol. The van der Waals surface area contributed by atoms with Crippen LogP contribution in [0.1, 0.15) is 27.8 Å². The molecule has 0 saturated carbocycles. The number of halogens is 2. The van der Waals surface area contributed by atoms with E-state index in [-0.39, 0.29) is 5.82 Å². The van der Waals surface area contributed by atoms with Crippen molar-refractivity contribution in [1.29, 1.82) is 0 Å². The molecule has 1 nitrogen and oxygen atoms in total. The van der Waals surface area contributed by atoms with Gasteiger partial charge in [-0.05, 0) is 40.8 Å². The molecule has 0 amide bonds. The van der Waals surface area contributed by atoms with Crippen LogP contribution in [0.5, 0.6) is 0 Å². The number of benzene rings is 2. The van der Waals surface area contributed by atoms with E-state index in [0.717, 1.165) is 22.3 Å². The van der Waals surface area contributed by atoms with Crippen LogP contribution < -0.4 is 0 Å². The number of hydrogen-bond acceptors (Lipinski definition) is 1. The van der Waals surface area contributed by atoms with E-state index in [9.17, 15) is 9.50 Å². The predicted octanol–water partition coefficient (Wildman–Crippen LogP) is 3.46. The maximum atomic E-state index is 13.8. The van der Waals surface area contributed by atoms with Crippen molar-refractivity contribution in [3.8, 4) is 0 Å². The Labute approximate surface area is 122 Å². The monoisotopic (exact) mass is 288 g/mol. The third-order valence-corrected chi connectivity index (χ3v) is 5.64.